The van der Waals surface area contributed by atoms with Crippen LogP contribution in [0.3, 0.4) is 0 Å². The van der Waals surface area contributed by atoms with Gasteiger partial charge in [0, 0.05) is 0 Å². The standard InChI is InChI=1S/C32H34N2O6/c1-5-22(4)24-10-14-26(15-11-24)39-17-18-40-28-16-9-23(20-29(28)38-6-2)19-27-30(35)33-32(37)34(31(27)36)25-12-7-21(3)8-13-25/h7-16,19-20,22H,5-6,17-18H2,1-4H3,(H,33,35,37)/b27-19-. The number of barbiturate groups is 1. The highest BCUT2D eigenvalue weighted by atomic mass is 16.5. The van der Waals surface area contributed by atoms with Crippen LogP contribution in [0.25, 0.3) is 6.08 Å². The van der Waals surface area contributed by atoms with Crippen molar-refractivity contribution in [2.45, 2.75) is 40.0 Å². The predicted molar refractivity (Wildman–Crippen MR) is 154 cm³/mol. The maximum atomic E-state index is 13.2. The number of imide groups is 2. The van der Waals surface area contributed by atoms with Crippen molar-refractivity contribution in [3.8, 4) is 17.2 Å². The van der Waals surface area contributed by atoms with Crippen molar-refractivity contribution in [3.05, 3.63) is 89.0 Å². The third-order valence-electron chi connectivity index (χ3n) is 6.64. The fourth-order valence-corrected chi connectivity index (χ4v) is 4.19. The molecule has 8 nitrogen and oxygen atoms in total. The van der Waals surface area contributed by atoms with Gasteiger partial charge in [0.1, 0.15) is 24.5 Å². The monoisotopic (exact) mass is 542 g/mol. The number of benzene rings is 3. The molecule has 0 bridgehead atoms. The predicted octanol–water partition coefficient (Wildman–Crippen LogP) is 6.03. The van der Waals surface area contributed by atoms with Crippen LogP contribution in [0, 0.1) is 6.92 Å². The Morgan fingerprint density at radius 2 is 1.55 bits per heavy atom. The first kappa shape index (κ1) is 28.4. The van der Waals surface area contributed by atoms with Crippen LogP contribution >= 0.6 is 0 Å². The van der Waals surface area contributed by atoms with Gasteiger partial charge >= 0.3 is 6.03 Å². The fraction of sp³-hybridized carbons (Fsp3) is 0.281. The lowest BCUT2D eigenvalue weighted by atomic mass is 9.99. The van der Waals surface area contributed by atoms with Crippen LogP contribution in [-0.4, -0.2) is 37.7 Å². The SMILES string of the molecule is CCOc1cc(/C=C2/C(=O)NC(=O)N(c3ccc(C)cc3)C2=O)ccc1OCCOc1ccc(C(C)CC)cc1. The Kier molecular flexibility index (Phi) is 9.22. The average molecular weight is 543 g/mol. The van der Waals surface area contributed by atoms with Crippen molar-refractivity contribution >= 4 is 29.6 Å². The van der Waals surface area contributed by atoms with E-state index in [9.17, 15) is 14.4 Å². The fourth-order valence-electron chi connectivity index (χ4n) is 4.19. The van der Waals surface area contributed by atoms with E-state index >= 15 is 0 Å². The molecule has 1 aliphatic heterocycles. The van der Waals surface area contributed by atoms with Crippen LogP contribution in [0.5, 0.6) is 17.2 Å². The van der Waals surface area contributed by atoms with E-state index in [4.69, 9.17) is 14.2 Å². The number of anilines is 1. The van der Waals surface area contributed by atoms with E-state index in [2.05, 4.69) is 31.3 Å². The van der Waals surface area contributed by atoms with Crippen LogP contribution in [0.4, 0.5) is 10.5 Å². The van der Waals surface area contributed by atoms with Crippen molar-refractivity contribution in [2.75, 3.05) is 24.7 Å². The zero-order valence-electron chi connectivity index (χ0n) is 23.2. The largest absolute Gasteiger partial charge is 0.490 e. The number of carbonyl (C=O) groups is 3. The zero-order chi connectivity index (χ0) is 28.6. The summed E-state index contributed by atoms with van der Waals surface area (Å²) in [5.41, 5.74) is 3.02. The van der Waals surface area contributed by atoms with Gasteiger partial charge in [-0.05, 0) is 79.8 Å². The number of hydrogen-bond donors (Lipinski definition) is 1. The minimum absolute atomic E-state index is 0.163. The minimum atomic E-state index is -0.788. The van der Waals surface area contributed by atoms with Gasteiger partial charge < -0.3 is 14.2 Å². The molecule has 0 radical (unpaired) electrons. The van der Waals surface area contributed by atoms with E-state index < -0.39 is 17.8 Å². The quantitative estimate of drug-likeness (QED) is 0.181. The van der Waals surface area contributed by atoms with Gasteiger partial charge in [0.05, 0.1) is 12.3 Å². The van der Waals surface area contributed by atoms with Gasteiger partial charge in [0.25, 0.3) is 11.8 Å². The number of ether oxygens (including phenoxy) is 3. The second kappa shape index (κ2) is 13.0. The molecule has 1 atom stereocenters. The number of nitrogens with one attached hydrogen (secondary N) is 1. The lowest BCUT2D eigenvalue weighted by Gasteiger charge is -2.26. The lowest BCUT2D eigenvalue weighted by Crippen LogP contribution is -2.54. The van der Waals surface area contributed by atoms with Gasteiger partial charge in [-0.25, -0.2) is 9.69 Å². The first-order valence-corrected chi connectivity index (χ1v) is 13.4. The van der Waals surface area contributed by atoms with E-state index in [1.54, 1.807) is 42.5 Å². The molecule has 4 rings (SSSR count). The molecule has 208 valence electrons. The van der Waals surface area contributed by atoms with Crippen LogP contribution in [0.2, 0.25) is 0 Å². The molecule has 40 heavy (non-hydrogen) atoms. The maximum Gasteiger partial charge on any atom is 0.335 e. The highest BCUT2D eigenvalue weighted by Crippen LogP contribution is 2.30. The summed E-state index contributed by atoms with van der Waals surface area (Å²) in [6.07, 6.45) is 2.52. The van der Waals surface area contributed by atoms with Crippen LogP contribution in [0.1, 0.15) is 49.8 Å². The summed E-state index contributed by atoms with van der Waals surface area (Å²) < 4.78 is 17.5. The van der Waals surface area contributed by atoms with Crippen LogP contribution in [0.15, 0.2) is 72.3 Å². The van der Waals surface area contributed by atoms with Crippen molar-refractivity contribution < 1.29 is 28.6 Å². The number of urea groups is 1. The van der Waals surface area contributed by atoms with E-state index in [0.29, 0.717) is 48.5 Å². The Hall–Kier alpha value is -4.59. The molecule has 4 amide bonds. The van der Waals surface area contributed by atoms with Crippen molar-refractivity contribution in [3.63, 3.8) is 0 Å². The molecular weight excluding hydrogens is 508 g/mol. The molecule has 3 aromatic rings. The summed E-state index contributed by atoms with van der Waals surface area (Å²) in [6.45, 7) is 9.15. The maximum absolute atomic E-state index is 13.2. The van der Waals surface area contributed by atoms with Gasteiger partial charge in [-0.1, -0.05) is 49.7 Å². The lowest BCUT2D eigenvalue weighted by molar-refractivity contribution is -0.122. The number of nitrogens with zero attached hydrogens (tertiary/aromatic N) is 1. The molecule has 1 heterocycles. The molecule has 1 fully saturated rings. The zero-order valence-corrected chi connectivity index (χ0v) is 23.2. The number of amides is 4. The van der Waals surface area contributed by atoms with Crippen LogP contribution < -0.4 is 24.4 Å². The van der Waals surface area contributed by atoms with Crippen molar-refractivity contribution in [1.82, 2.24) is 5.32 Å². The van der Waals surface area contributed by atoms with Gasteiger partial charge in [-0.2, -0.15) is 0 Å². The normalized spacial score (nSPS) is 15.2. The number of carbonyl (C=O) groups excluding carboxylic acids is 3. The molecule has 3 aromatic carbocycles. The average Bonchev–Trinajstić information content (AvgIpc) is 2.95. The van der Waals surface area contributed by atoms with E-state index in [0.717, 1.165) is 22.6 Å². The summed E-state index contributed by atoms with van der Waals surface area (Å²) in [5.74, 6) is 0.793. The number of hydrogen-bond acceptors (Lipinski definition) is 6. The van der Waals surface area contributed by atoms with E-state index in [1.165, 1.54) is 11.6 Å². The van der Waals surface area contributed by atoms with Gasteiger partial charge in [-0.3, -0.25) is 14.9 Å². The Balaban J connectivity index is 1.45. The van der Waals surface area contributed by atoms with Crippen molar-refractivity contribution in [2.24, 2.45) is 0 Å². The molecular formula is C32H34N2O6. The summed E-state index contributed by atoms with van der Waals surface area (Å²) in [4.78, 5) is 39.1. The molecule has 1 N–H and O–H groups in total. The smallest absolute Gasteiger partial charge is 0.335 e. The van der Waals surface area contributed by atoms with Crippen LogP contribution in [-0.2, 0) is 9.59 Å². The molecule has 8 heteroatoms. The minimum Gasteiger partial charge on any atom is -0.490 e. The van der Waals surface area contributed by atoms with Gasteiger partial charge in [-0.15, -0.1) is 0 Å². The second-order valence-electron chi connectivity index (χ2n) is 9.51. The summed E-state index contributed by atoms with van der Waals surface area (Å²) in [5, 5.41) is 2.24. The first-order chi connectivity index (χ1) is 19.3. The molecule has 0 spiro atoms. The Labute approximate surface area is 234 Å². The molecule has 1 saturated heterocycles. The molecule has 1 aliphatic rings. The summed E-state index contributed by atoms with van der Waals surface area (Å²) in [6, 6.07) is 19.3. The molecule has 1 unspecified atom stereocenters. The van der Waals surface area contributed by atoms with Gasteiger partial charge in [0.15, 0.2) is 11.5 Å². The topological polar surface area (TPSA) is 94.2 Å². The Morgan fingerprint density at radius 1 is 0.850 bits per heavy atom. The Bertz CT molecular complexity index is 1400. The summed E-state index contributed by atoms with van der Waals surface area (Å²) >= 11 is 0. The molecule has 0 aliphatic carbocycles. The number of rotatable bonds is 11. The second-order valence-corrected chi connectivity index (χ2v) is 9.51. The molecule has 0 aromatic heterocycles. The highest BCUT2D eigenvalue weighted by molar-refractivity contribution is 6.39. The third kappa shape index (κ3) is 6.69. The molecule has 0 saturated carbocycles. The van der Waals surface area contributed by atoms with Crippen molar-refractivity contribution in [1.29, 1.82) is 0 Å². The Morgan fingerprint density at radius 3 is 2.23 bits per heavy atom. The summed E-state index contributed by atoms with van der Waals surface area (Å²) in [7, 11) is 0. The van der Waals surface area contributed by atoms with Gasteiger partial charge in [0.2, 0.25) is 0 Å². The third-order valence-corrected chi connectivity index (χ3v) is 6.64. The van der Waals surface area contributed by atoms with E-state index in [1.807, 2.05) is 26.0 Å². The first-order valence-electron chi connectivity index (χ1n) is 13.4. The van der Waals surface area contributed by atoms with E-state index in [-0.39, 0.29) is 5.57 Å². The number of aryl methyl sites for hydroxylation is 1. The highest BCUT2D eigenvalue weighted by Gasteiger charge is 2.36.